The van der Waals surface area contributed by atoms with E-state index >= 15 is 0 Å². The third-order valence-electron chi connectivity index (χ3n) is 9.60. The molecule has 3 aromatic heterocycles. The summed E-state index contributed by atoms with van der Waals surface area (Å²) in [6, 6.07) is 10.1. The van der Waals surface area contributed by atoms with Crippen LogP contribution < -0.4 is 5.32 Å². The SMILES string of the molecule is C=CC(=O)N1CCC(C(O)Cn2c(C#N)cc3c(C)c(CN4CCC(Nc5ncnc6sc(CC(F)(F)F)cc56)CC4)ccc32)CC1. The summed E-state index contributed by atoms with van der Waals surface area (Å²) < 4.78 is 40.7. The van der Waals surface area contributed by atoms with Gasteiger partial charge >= 0.3 is 6.18 Å². The molecule has 5 heterocycles. The monoisotopic (exact) mass is 665 g/mol. The minimum absolute atomic E-state index is 0.0445. The van der Waals surface area contributed by atoms with Gasteiger partial charge in [0.15, 0.2) is 0 Å². The molecule has 0 spiro atoms. The fourth-order valence-electron chi connectivity index (χ4n) is 6.93. The van der Waals surface area contributed by atoms with Gasteiger partial charge in [-0.25, -0.2) is 9.97 Å². The Hall–Kier alpha value is -3.99. The molecule has 0 radical (unpaired) electrons. The third kappa shape index (κ3) is 7.30. The van der Waals surface area contributed by atoms with Gasteiger partial charge in [-0.15, -0.1) is 11.3 Å². The number of aliphatic hydroxyl groups excluding tert-OH is 1. The van der Waals surface area contributed by atoms with E-state index in [9.17, 15) is 28.3 Å². The van der Waals surface area contributed by atoms with Gasteiger partial charge in [0.1, 0.15) is 28.7 Å². The zero-order valence-corrected chi connectivity index (χ0v) is 27.1. The normalized spacial score (nSPS) is 17.7. The van der Waals surface area contributed by atoms with E-state index in [2.05, 4.69) is 45.8 Å². The van der Waals surface area contributed by atoms with Crippen molar-refractivity contribution in [3.8, 4) is 6.07 Å². The molecule has 248 valence electrons. The second-order valence-corrected chi connectivity index (χ2v) is 13.7. The number of hydrogen-bond acceptors (Lipinski definition) is 8. The summed E-state index contributed by atoms with van der Waals surface area (Å²) in [7, 11) is 0. The Morgan fingerprint density at radius 2 is 1.91 bits per heavy atom. The number of alkyl halides is 3. The molecule has 1 atom stereocenters. The minimum Gasteiger partial charge on any atom is -0.391 e. The van der Waals surface area contributed by atoms with E-state index in [0.29, 0.717) is 54.2 Å². The summed E-state index contributed by atoms with van der Waals surface area (Å²) in [5.74, 6) is 0.540. The number of anilines is 1. The Bertz CT molecular complexity index is 1810. The Kier molecular flexibility index (Phi) is 9.55. The van der Waals surface area contributed by atoms with Crippen molar-refractivity contribution in [3.63, 3.8) is 0 Å². The maximum Gasteiger partial charge on any atom is 0.393 e. The van der Waals surface area contributed by atoms with Gasteiger partial charge in [0, 0.05) is 54.5 Å². The number of piperidine rings is 2. The fraction of sp³-hybridized carbons (Fsp3) is 0.471. The average Bonchev–Trinajstić information content (AvgIpc) is 3.63. The van der Waals surface area contributed by atoms with Crippen LogP contribution in [0.3, 0.4) is 0 Å². The molecule has 2 aliphatic heterocycles. The van der Waals surface area contributed by atoms with E-state index in [1.807, 2.05) is 16.7 Å². The second kappa shape index (κ2) is 13.6. The van der Waals surface area contributed by atoms with E-state index in [4.69, 9.17) is 0 Å². The van der Waals surface area contributed by atoms with Crippen LogP contribution in [0.1, 0.15) is 47.4 Å². The maximum absolute atomic E-state index is 12.9. The molecule has 0 aliphatic carbocycles. The Labute approximate surface area is 275 Å². The van der Waals surface area contributed by atoms with Crippen molar-refractivity contribution in [3.05, 3.63) is 64.9 Å². The van der Waals surface area contributed by atoms with E-state index in [1.54, 1.807) is 11.0 Å². The number of benzene rings is 1. The van der Waals surface area contributed by atoms with Crippen LogP contribution in [0.5, 0.6) is 0 Å². The largest absolute Gasteiger partial charge is 0.393 e. The number of aromatic nitrogens is 3. The molecule has 2 saturated heterocycles. The highest BCUT2D eigenvalue weighted by Crippen LogP contribution is 2.34. The van der Waals surface area contributed by atoms with Gasteiger partial charge in [-0.3, -0.25) is 9.69 Å². The molecule has 2 N–H and O–H groups in total. The van der Waals surface area contributed by atoms with Gasteiger partial charge in [-0.1, -0.05) is 12.6 Å². The standard InChI is InChI=1S/C34H38F3N7O2S/c1-3-31(46)43-12-6-22(7-13-43)30(45)19-44-25(17-38)14-27-21(2)23(4-5-29(27)44)18-42-10-8-24(9-11-42)41-32-28-15-26(16-34(35,36)37)47-33(28)40-20-39-32/h3-5,14-15,20,22,24,30,45H,1,6-13,16,18-19H2,2H3,(H,39,40,41). The zero-order valence-electron chi connectivity index (χ0n) is 26.3. The Morgan fingerprint density at radius 1 is 1.17 bits per heavy atom. The highest BCUT2D eigenvalue weighted by atomic mass is 32.1. The molecule has 4 aromatic rings. The van der Waals surface area contributed by atoms with Crippen LogP contribution in [-0.4, -0.2) is 79.8 Å². The Morgan fingerprint density at radius 3 is 2.60 bits per heavy atom. The number of amides is 1. The van der Waals surface area contributed by atoms with E-state index in [-0.39, 0.29) is 22.7 Å². The number of hydrogen-bond donors (Lipinski definition) is 2. The molecular weight excluding hydrogens is 627 g/mol. The lowest BCUT2D eigenvalue weighted by Gasteiger charge is -2.34. The van der Waals surface area contributed by atoms with Crippen molar-refractivity contribution in [1.82, 2.24) is 24.3 Å². The number of halogens is 3. The second-order valence-electron chi connectivity index (χ2n) is 12.6. The van der Waals surface area contributed by atoms with Crippen LogP contribution in [0.2, 0.25) is 0 Å². The smallest absolute Gasteiger partial charge is 0.391 e. The number of nitriles is 1. The van der Waals surface area contributed by atoms with Gasteiger partial charge in [-0.2, -0.15) is 18.4 Å². The minimum atomic E-state index is -4.27. The molecule has 13 heteroatoms. The number of nitrogens with one attached hydrogen (secondary N) is 1. The summed E-state index contributed by atoms with van der Waals surface area (Å²) in [4.78, 5) is 25.4. The molecular formula is C34H38F3N7O2S. The van der Waals surface area contributed by atoms with Crippen LogP contribution in [0, 0.1) is 24.2 Å². The highest BCUT2D eigenvalue weighted by Gasteiger charge is 2.30. The number of thiophene rings is 1. The molecule has 9 nitrogen and oxygen atoms in total. The first-order valence-electron chi connectivity index (χ1n) is 15.9. The van der Waals surface area contributed by atoms with Crippen molar-refractivity contribution in [2.45, 2.75) is 70.4 Å². The van der Waals surface area contributed by atoms with Crippen LogP contribution in [0.15, 0.2) is 43.2 Å². The predicted octanol–water partition coefficient (Wildman–Crippen LogP) is 5.79. The summed E-state index contributed by atoms with van der Waals surface area (Å²) >= 11 is 1.05. The van der Waals surface area contributed by atoms with Gasteiger partial charge in [-0.05, 0) is 73.9 Å². The highest BCUT2D eigenvalue weighted by molar-refractivity contribution is 7.18. The molecule has 6 rings (SSSR count). The molecule has 0 saturated carbocycles. The lowest BCUT2D eigenvalue weighted by atomic mass is 9.91. The number of fused-ring (bicyclic) bond motifs is 2. The summed E-state index contributed by atoms with van der Waals surface area (Å²) in [6.45, 7) is 9.59. The fourth-order valence-corrected chi connectivity index (χ4v) is 7.95. The number of rotatable bonds is 9. The summed E-state index contributed by atoms with van der Waals surface area (Å²) in [5, 5.41) is 26.2. The van der Waals surface area contributed by atoms with Crippen molar-refractivity contribution in [2.75, 3.05) is 31.5 Å². The van der Waals surface area contributed by atoms with Crippen molar-refractivity contribution in [1.29, 1.82) is 5.26 Å². The molecule has 2 aliphatic rings. The van der Waals surface area contributed by atoms with Gasteiger partial charge in [0.05, 0.1) is 24.5 Å². The number of carbonyl (C=O) groups excluding carboxylic acids is 1. The summed E-state index contributed by atoms with van der Waals surface area (Å²) in [5.41, 5.74) is 3.73. The third-order valence-corrected chi connectivity index (χ3v) is 10.6. The lowest BCUT2D eigenvalue weighted by molar-refractivity contribution is -0.128. The predicted molar refractivity (Wildman–Crippen MR) is 176 cm³/mol. The van der Waals surface area contributed by atoms with Crippen molar-refractivity contribution >= 4 is 44.2 Å². The number of nitrogens with zero attached hydrogens (tertiary/aromatic N) is 6. The van der Waals surface area contributed by atoms with Crippen LogP contribution in [-0.2, 0) is 24.3 Å². The molecule has 47 heavy (non-hydrogen) atoms. The molecule has 0 bridgehead atoms. The molecule has 1 unspecified atom stereocenters. The molecule has 2 fully saturated rings. The number of likely N-dealkylation sites (tertiary alicyclic amines) is 2. The van der Waals surface area contributed by atoms with Gasteiger partial charge in [0.2, 0.25) is 5.91 Å². The van der Waals surface area contributed by atoms with E-state index < -0.39 is 18.7 Å². The number of aryl methyl sites for hydroxylation is 1. The van der Waals surface area contributed by atoms with E-state index in [0.717, 1.165) is 60.3 Å². The lowest BCUT2D eigenvalue weighted by Crippen LogP contribution is -2.41. The maximum atomic E-state index is 12.9. The zero-order chi connectivity index (χ0) is 33.3. The number of aliphatic hydroxyl groups is 1. The molecule has 1 amide bonds. The van der Waals surface area contributed by atoms with Gasteiger partial charge < -0.3 is 19.9 Å². The number of carbonyl (C=O) groups is 1. The molecule has 1 aromatic carbocycles. The van der Waals surface area contributed by atoms with E-state index in [1.165, 1.54) is 18.0 Å². The van der Waals surface area contributed by atoms with Crippen molar-refractivity contribution in [2.24, 2.45) is 5.92 Å². The quantitative estimate of drug-likeness (QED) is 0.218. The Balaban J connectivity index is 1.08. The first-order valence-corrected chi connectivity index (χ1v) is 16.7. The first kappa shape index (κ1) is 32.9. The topological polar surface area (TPSA) is 110 Å². The van der Waals surface area contributed by atoms with Crippen LogP contribution in [0.4, 0.5) is 19.0 Å². The first-order chi connectivity index (χ1) is 22.5. The van der Waals surface area contributed by atoms with Crippen LogP contribution >= 0.6 is 11.3 Å². The van der Waals surface area contributed by atoms with Crippen molar-refractivity contribution < 1.29 is 23.1 Å². The summed E-state index contributed by atoms with van der Waals surface area (Å²) in [6.07, 6.45) is -0.0128. The average molecular weight is 666 g/mol. The van der Waals surface area contributed by atoms with Gasteiger partial charge in [0.25, 0.3) is 0 Å². The van der Waals surface area contributed by atoms with Crippen LogP contribution in [0.25, 0.3) is 21.1 Å².